The van der Waals surface area contributed by atoms with Crippen molar-refractivity contribution in [1.29, 1.82) is 0 Å². The molecule has 0 unspecified atom stereocenters. The van der Waals surface area contributed by atoms with Crippen LogP contribution >= 0.6 is 15.9 Å². The fraction of sp³-hybridized carbons (Fsp3) is 0.222. The molecule has 0 heterocycles. The molecular weight excluding hydrogens is 327 g/mol. The molecule has 88 valence electrons. The van der Waals surface area contributed by atoms with Crippen LogP contribution in [0, 0.1) is 0 Å². The fourth-order valence-corrected chi connectivity index (χ4v) is 1.81. The van der Waals surface area contributed by atoms with Gasteiger partial charge < -0.3 is 17.7 Å². The average molecular weight is 335 g/mol. The predicted octanol–water partition coefficient (Wildman–Crippen LogP) is 0.169. The largest absolute Gasteiger partial charge is 1.00 e. The molecule has 1 rings (SSSR count). The van der Waals surface area contributed by atoms with Crippen LogP contribution < -0.4 is 51.4 Å². The SMILES string of the molecule is COC(=O)c1cc(Br)cc(C[B-](F)(F)F)c1.[K+]. The summed E-state index contributed by atoms with van der Waals surface area (Å²) in [5.41, 5.74) is 0.147. The van der Waals surface area contributed by atoms with Gasteiger partial charge in [-0.05, 0) is 18.2 Å². The van der Waals surface area contributed by atoms with Crippen LogP contribution in [0.1, 0.15) is 15.9 Å². The molecule has 0 fully saturated rings. The summed E-state index contributed by atoms with van der Waals surface area (Å²) in [6.45, 7) is -4.91. The van der Waals surface area contributed by atoms with E-state index >= 15 is 0 Å². The third-order valence-electron chi connectivity index (χ3n) is 1.85. The molecule has 17 heavy (non-hydrogen) atoms. The third-order valence-corrected chi connectivity index (χ3v) is 2.30. The Hall–Kier alpha value is 0.661. The average Bonchev–Trinajstić information content (AvgIpc) is 2.12. The van der Waals surface area contributed by atoms with Crippen LogP contribution in [0.4, 0.5) is 12.9 Å². The maximum Gasteiger partial charge on any atom is 1.00 e. The minimum absolute atomic E-state index is 0. The number of ether oxygens (including phenoxy) is 1. The molecule has 0 aliphatic rings. The standard InChI is InChI=1S/C9H8BBrF3O2.K/c1-16-9(15)7-2-6(3-8(11)4-7)5-10(12,13)14;/h2-4H,5H2,1H3;/q-1;+1. The molecule has 0 bridgehead atoms. The quantitative estimate of drug-likeness (QED) is 0.582. The Bertz CT molecular complexity index is 412. The van der Waals surface area contributed by atoms with Gasteiger partial charge in [0.25, 0.3) is 0 Å². The first-order valence-electron chi connectivity index (χ1n) is 4.40. The normalized spacial score (nSPS) is 10.6. The zero-order chi connectivity index (χ0) is 12.3. The Morgan fingerprint density at radius 2 is 1.94 bits per heavy atom. The number of carbonyl (C=O) groups excluding carboxylic acids is 1. The van der Waals surface area contributed by atoms with E-state index in [0.717, 1.165) is 0 Å². The van der Waals surface area contributed by atoms with Crippen molar-refractivity contribution in [1.82, 2.24) is 0 Å². The Kier molecular flexibility index (Phi) is 7.58. The van der Waals surface area contributed by atoms with E-state index in [0.29, 0.717) is 4.47 Å². The van der Waals surface area contributed by atoms with Crippen LogP contribution in [0.15, 0.2) is 22.7 Å². The van der Waals surface area contributed by atoms with Crippen LogP contribution in [-0.4, -0.2) is 20.1 Å². The minimum atomic E-state index is -4.91. The van der Waals surface area contributed by atoms with E-state index in [9.17, 15) is 17.7 Å². The van der Waals surface area contributed by atoms with Crippen molar-refractivity contribution < 1.29 is 73.9 Å². The van der Waals surface area contributed by atoms with Gasteiger partial charge in [-0.3, -0.25) is 0 Å². The second-order valence-electron chi connectivity index (χ2n) is 3.25. The molecule has 0 spiro atoms. The Balaban J connectivity index is 0.00000256. The monoisotopic (exact) mass is 334 g/mol. The van der Waals surface area contributed by atoms with Crippen molar-refractivity contribution >= 4 is 28.9 Å². The topological polar surface area (TPSA) is 26.3 Å². The van der Waals surface area contributed by atoms with Gasteiger partial charge in [-0.25, -0.2) is 4.79 Å². The van der Waals surface area contributed by atoms with Gasteiger partial charge in [0, 0.05) is 4.47 Å². The molecule has 0 N–H and O–H groups in total. The number of hydrogen-bond donors (Lipinski definition) is 0. The molecule has 0 aliphatic carbocycles. The smallest absolute Gasteiger partial charge is 0.465 e. The number of esters is 1. The van der Waals surface area contributed by atoms with Crippen molar-refractivity contribution in [2.45, 2.75) is 6.32 Å². The van der Waals surface area contributed by atoms with E-state index in [1.54, 1.807) is 0 Å². The summed E-state index contributed by atoms with van der Waals surface area (Å²) in [4.78, 5) is 11.2. The zero-order valence-corrected chi connectivity index (χ0v) is 14.1. The van der Waals surface area contributed by atoms with Gasteiger partial charge in [0.1, 0.15) is 0 Å². The van der Waals surface area contributed by atoms with Crippen molar-refractivity contribution in [3.63, 3.8) is 0 Å². The maximum absolute atomic E-state index is 12.2. The zero-order valence-electron chi connectivity index (χ0n) is 9.34. The van der Waals surface area contributed by atoms with Crippen LogP contribution in [-0.2, 0) is 11.1 Å². The van der Waals surface area contributed by atoms with Gasteiger partial charge in [0.15, 0.2) is 0 Å². The van der Waals surface area contributed by atoms with Crippen LogP contribution in [0.2, 0.25) is 0 Å². The first kappa shape index (κ1) is 17.7. The number of halogens is 4. The van der Waals surface area contributed by atoms with Crippen molar-refractivity contribution in [2.75, 3.05) is 7.11 Å². The predicted molar refractivity (Wildman–Crippen MR) is 58.3 cm³/mol. The second-order valence-corrected chi connectivity index (χ2v) is 4.17. The summed E-state index contributed by atoms with van der Waals surface area (Å²) < 4.78 is 41.5. The van der Waals surface area contributed by atoms with E-state index in [1.165, 1.54) is 25.3 Å². The van der Waals surface area contributed by atoms with Crippen LogP contribution in [0.3, 0.4) is 0 Å². The van der Waals surface area contributed by atoms with Gasteiger partial charge in [-0.2, -0.15) is 0 Å². The van der Waals surface area contributed by atoms with E-state index in [1.807, 2.05) is 0 Å². The van der Waals surface area contributed by atoms with Crippen LogP contribution in [0.5, 0.6) is 0 Å². The van der Waals surface area contributed by atoms with Crippen molar-refractivity contribution in [3.05, 3.63) is 33.8 Å². The van der Waals surface area contributed by atoms with E-state index in [2.05, 4.69) is 20.7 Å². The number of hydrogen-bond acceptors (Lipinski definition) is 2. The van der Waals surface area contributed by atoms with Crippen LogP contribution in [0.25, 0.3) is 0 Å². The van der Waals surface area contributed by atoms with E-state index in [4.69, 9.17) is 0 Å². The van der Waals surface area contributed by atoms with Crippen molar-refractivity contribution in [2.24, 2.45) is 0 Å². The number of rotatable bonds is 3. The summed E-state index contributed by atoms with van der Waals surface area (Å²) in [6.07, 6.45) is -1.01. The summed E-state index contributed by atoms with van der Waals surface area (Å²) in [6, 6.07) is 3.94. The molecule has 0 saturated heterocycles. The molecule has 1 aromatic rings. The summed E-state index contributed by atoms with van der Waals surface area (Å²) in [5.74, 6) is -0.655. The number of benzene rings is 1. The first-order valence-corrected chi connectivity index (χ1v) is 5.20. The molecule has 0 aromatic heterocycles. The van der Waals surface area contributed by atoms with Gasteiger partial charge in [-0.15, -0.1) is 0 Å². The van der Waals surface area contributed by atoms with E-state index < -0.39 is 19.3 Å². The van der Waals surface area contributed by atoms with Gasteiger partial charge >= 0.3 is 64.3 Å². The van der Waals surface area contributed by atoms with Crippen molar-refractivity contribution in [3.8, 4) is 0 Å². The third kappa shape index (κ3) is 6.40. The summed E-state index contributed by atoms with van der Waals surface area (Å²) >= 11 is 3.05. The Morgan fingerprint density at radius 3 is 2.41 bits per heavy atom. The second kappa shape index (κ2) is 7.30. The molecule has 1 aromatic carbocycles. The minimum Gasteiger partial charge on any atom is -0.465 e. The Labute approximate surface area is 148 Å². The number of methoxy groups -OCH3 is 1. The van der Waals surface area contributed by atoms with E-state index in [-0.39, 0.29) is 62.5 Å². The van der Waals surface area contributed by atoms with Gasteiger partial charge in [-0.1, -0.05) is 27.8 Å². The molecule has 0 amide bonds. The molecule has 0 aliphatic heterocycles. The van der Waals surface area contributed by atoms with Gasteiger partial charge in [0.2, 0.25) is 0 Å². The molecule has 0 radical (unpaired) electrons. The molecular formula is C9H8BBrF3KO2. The summed E-state index contributed by atoms with van der Waals surface area (Å²) in [5, 5.41) is 0. The first-order chi connectivity index (χ1) is 7.31. The number of carbonyl (C=O) groups is 1. The Morgan fingerprint density at radius 1 is 1.35 bits per heavy atom. The maximum atomic E-state index is 12.2. The summed E-state index contributed by atoms with van der Waals surface area (Å²) in [7, 11) is 1.18. The van der Waals surface area contributed by atoms with Gasteiger partial charge in [0.05, 0.1) is 12.7 Å². The molecule has 0 saturated carbocycles. The molecule has 8 heteroatoms. The molecule has 2 nitrogen and oxygen atoms in total. The fourth-order valence-electron chi connectivity index (χ4n) is 1.27. The molecule has 0 atom stereocenters.